The third-order valence-corrected chi connectivity index (χ3v) is 3.07. The molecule has 1 aromatic rings. The van der Waals surface area contributed by atoms with Gasteiger partial charge >= 0.3 is 0 Å². The molecule has 0 spiro atoms. The zero-order valence-corrected chi connectivity index (χ0v) is 11.8. The molecule has 0 bridgehead atoms. The van der Waals surface area contributed by atoms with E-state index in [4.69, 9.17) is 0 Å². The third kappa shape index (κ3) is 5.19. The van der Waals surface area contributed by atoms with Crippen molar-refractivity contribution in [2.24, 2.45) is 0 Å². The highest BCUT2D eigenvalue weighted by atomic mass is 32.2. The maximum absolute atomic E-state index is 11.8. The van der Waals surface area contributed by atoms with Gasteiger partial charge in [0, 0.05) is 5.56 Å². The molecule has 0 aliphatic carbocycles. The number of thioether (sulfide) groups is 1. The lowest BCUT2D eigenvalue weighted by Crippen LogP contribution is -1.90. The minimum absolute atomic E-state index is 0.0725. The van der Waals surface area contributed by atoms with Gasteiger partial charge in [-0.25, -0.2) is 0 Å². The monoisotopic (exact) mass is 258 g/mol. The predicted molar refractivity (Wildman–Crippen MR) is 80.8 cm³/mol. The summed E-state index contributed by atoms with van der Waals surface area (Å²) in [6, 6.07) is 7.63. The molecule has 0 atom stereocenters. The van der Waals surface area contributed by atoms with E-state index in [0.29, 0.717) is 0 Å². The van der Waals surface area contributed by atoms with Crippen LogP contribution in [0.4, 0.5) is 0 Å². The molecule has 0 heterocycles. The summed E-state index contributed by atoms with van der Waals surface area (Å²) < 4.78 is 0. The molecule has 18 heavy (non-hydrogen) atoms. The Hall–Kier alpha value is -1.54. The van der Waals surface area contributed by atoms with Crippen LogP contribution in [0.2, 0.25) is 0 Å². The highest BCUT2D eigenvalue weighted by molar-refractivity contribution is 8.16. The van der Waals surface area contributed by atoms with E-state index < -0.39 is 0 Å². The number of aryl methyl sites for hydroxylation is 1. The standard InChI is InChI=1S/C16H18OS/c1-4-6-13(2)7-5-12-18-16(17)15-10-8-14(3)9-11-15/h4-12H,1-3H3/b6-4-,12-5+,13-7-. The van der Waals surface area contributed by atoms with E-state index in [9.17, 15) is 4.79 Å². The van der Waals surface area contributed by atoms with Crippen molar-refractivity contribution in [3.8, 4) is 0 Å². The average Bonchev–Trinajstić information content (AvgIpc) is 2.35. The number of carbonyl (C=O) groups excluding carboxylic acids is 1. The second-order valence-electron chi connectivity index (χ2n) is 4.01. The maximum Gasteiger partial charge on any atom is 0.223 e. The predicted octanol–water partition coefficient (Wildman–Crippen LogP) is 4.90. The Labute approximate surface area is 113 Å². The number of benzene rings is 1. The molecule has 0 saturated heterocycles. The molecular formula is C16H18OS. The van der Waals surface area contributed by atoms with Gasteiger partial charge in [-0.15, -0.1) is 0 Å². The van der Waals surface area contributed by atoms with E-state index in [1.165, 1.54) is 11.8 Å². The first-order valence-corrected chi connectivity index (χ1v) is 6.75. The van der Waals surface area contributed by atoms with Gasteiger partial charge in [0.2, 0.25) is 5.12 Å². The quantitative estimate of drug-likeness (QED) is 0.714. The van der Waals surface area contributed by atoms with Gasteiger partial charge < -0.3 is 0 Å². The summed E-state index contributed by atoms with van der Waals surface area (Å²) in [5.41, 5.74) is 3.07. The maximum atomic E-state index is 11.8. The van der Waals surface area contributed by atoms with E-state index in [2.05, 4.69) is 0 Å². The lowest BCUT2D eigenvalue weighted by atomic mass is 10.2. The Bertz CT molecular complexity index is 478. The van der Waals surface area contributed by atoms with Gasteiger partial charge in [0.15, 0.2) is 0 Å². The lowest BCUT2D eigenvalue weighted by molar-refractivity contribution is 0.109. The van der Waals surface area contributed by atoms with Crippen LogP contribution in [0.3, 0.4) is 0 Å². The topological polar surface area (TPSA) is 17.1 Å². The fourth-order valence-electron chi connectivity index (χ4n) is 1.37. The molecular weight excluding hydrogens is 240 g/mol. The van der Waals surface area contributed by atoms with Crippen LogP contribution < -0.4 is 0 Å². The van der Waals surface area contributed by atoms with Gasteiger partial charge in [-0.1, -0.05) is 71.5 Å². The fraction of sp³-hybridized carbons (Fsp3) is 0.188. The van der Waals surface area contributed by atoms with Crippen molar-refractivity contribution < 1.29 is 4.79 Å². The largest absolute Gasteiger partial charge is 0.281 e. The van der Waals surface area contributed by atoms with Crippen molar-refractivity contribution >= 4 is 16.9 Å². The Balaban J connectivity index is 2.54. The number of carbonyl (C=O) groups is 1. The molecule has 2 heteroatoms. The van der Waals surface area contributed by atoms with Crippen molar-refractivity contribution in [3.05, 3.63) is 70.7 Å². The molecule has 0 N–H and O–H groups in total. The third-order valence-electron chi connectivity index (χ3n) is 2.33. The molecule has 1 nitrogen and oxygen atoms in total. The summed E-state index contributed by atoms with van der Waals surface area (Å²) in [6.45, 7) is 6.02. The van der Waals surface area contributed by atoms with Crippen molar-refractivity contribution in [1.82, 2.24) is 0 Å². The zero-order valence-electron chi connectivity index (χ0n) is 11.0. The summed E-state index contributed by atoms with van der Waals surface area (Å²) >= 11 is 1.21. The number of rotatable bonds is 4. The van der Waals surface area contributed by atoms with Crippen molar-refractivity contribution in [2.75, 3.05) is 0 Å². The molecule has 1 aromatic carbocycles. The molecule has 0 fully saturated rings. The van der Waals surface area contributed by atoms with Crippen LogP contribution in [0.1, 0.15) is 29.8 Å². The van der Waals surface area contributed by atoms with Crippen LogP contribution in [0.5, 0.6) is 0 Å². The number of hydrogen-bond acceptors (Lipinski definition) is 2. The molecule has 0 aliphatic rings. The Morgan fingerprint density at radius 3 is 2.50 bits per heavy atom. The zero-order chi connectivity index (χ0) is 13.4. The second-order valence-corrected chi connectivity index (χ2v) is 4.89. The average molecular weight is 258 g/mol. The molecule has 0 unspecified atom stereocenters. The van der Waals surface area contributed by atoms with Crippen LogP contribution in [-0.4, -0.2) is 5.12 Å². The fourth-order valence-corrected chi connectivity index (χ4v) is 1.92. The summed E-state index contributed by atoms with van der Waals surface area (Å²) in [6.07, 6.45) is 7.89. The van der Waals surface area contributed by atoms with Gasteiger partial charge in [0.05, 0.1) is 0 Å². The van der Waals surface area contributed by atoms with E-state index in [1.54, 1.807) is 0 Å². The van der Waals surface area contributed by atoms with Crippen LogP contribution in [0, 0.1) is 6.92 Å². The molecule has 0 aromatic heterocycles. The first-order valence-electron chi connectivity index (χ1n) is 5.87. The lowest BCUT2D eigenvalue weighted by Gasteiger charge is -1.97. The van der Waals surface area contributed by atoms with Crippen molar-refractivity contribution in [2.45, 2.75) is 20.8 Å². The Kier molecular flexibility index (Phi) is 6.23. The summed E-state index contributed by atoms with van der Waals surface area (Å²) in [7, 11) is 0. The molecule has 0 amide bonds. The van der Waals surface area contributed by atoms with Crippen LogP contribution in [0.25, 0.3) is 0 Å². The van der Waals surface area contributed by atoms with Gasteiger partial charge in [-0.05, 0) is 26.2 Å². The van der Waals surface area contributed by atoms with Crippen LogP contribution >= 0.6 is 11.8 Å². The number of allylic oxidation sites excluding steroid dienone is 5. The Morgan fingerprint density at radius 1 is 1.22 bits per heavy atom. The normalized spacial score (nSPS) is 12.5. The SMILES string of the molecule is C\C=C/C(C)=C\C=C\SC(=O)c1ccc(C)cc1. The molecule has 94 valence electrons. The van der Waals surface area contributed by atoms with Gasteiger partial charge in [-0.2, -0.15) is 0 Å². The van der Waals surface area contributed by atoms with Crippen molar-refractivity contribution in [1.29, 1.82) is 0 Å². The summed E-state index contributed by atoms with van der Waals surface area (Å²) in [4.78, 5) is 11.8. The molecule has 0 saturated carbocycles. The molecule has 0 radical (unpaired) electrons. The minimum atomic E-state index is 0.0725. The second kappa shape index (κ2) is 7.72. The van der Waals surface area contributed by atoms with Gasteiger partial charge in [-0.3, -0.25) is 4.79 Å². The highest BCUT2D eigenvalue weighted by Crippen LogP contribution is 2.14. The van der Waals surface area contributed by atoms with Gasteiger partial charge in [0.1, 0.15) is 0 Å². The summed E-state index contributed by atoms with van der Waals surface area (Å²) in [5, 5.41) is 1.89. The first kappa shape index (κ1) is 14.5. The van der Waals surface area contributed by atoms with Crippen LogP contribution in [-0.2, 0) is 0 Å². The van der Waals surface area contributed by atoms with E-state index in [0.717, 1.165) is 16.7 Å². The van der Waals surface area contributed by atoms with E-state index in [-0.39, 0.29) is 5.12 Å². The highest BCUT2D eigenvalue weighted by Gasteiger charge is 2.02. The van der Waals surface area contributed by atoms with E-state index >= 15 is 0 Å². The first-order chi connectivity index (χ1) is 8.63. The van der Waals surface area contributed by atoms with Crippen molar-refractivity contribution in [3.63, 3.8) is 0 Å². The van der Waals surface area contributed by atoms with Crippen LogP contribution in [0.15, 0.2) is 59.6 Å². The summed E-state index contributed by atoms with van der Waals surface area (Å²) in [5.74, 6) is 0. The van der Waals surface area contributed by atoms with Gasteiger partial charge in [0.25, 0.3) is 0 Å². The Morgan fingerprint density at radius 2 is 1.89 bits per heavy atom. The number of hydrogen-bond donors (Lipinski definition) is 0. The van der Waals surface area contributed by atoms with E-state index in [1.807, 2.05) is 74.7 Å². The molecule has 1 rings (SSSR count). The molecule has 0 aliphatic heterocycles. The minimum Gasteiger partial charge on any atom is -0.281 e. The smallest absolute Gasteiger partial charge is 0.223 e.